The molecular formula is C24H21ClFN3OS. The van der Waals surface area contributed by atoms with E-state index in [1.54, 1.807) is 12.1 Å². The van der Waals surface area contributed by atoms with E-state index >= 15 is 0 Å². The first-order valence-electron chi connectivity index (χ1n) is 9.75. The summed E-state index contributed by atoms with van der Waals surface area (Å²) in [6.45, 7) is 7.93. The van der Waals surface area contributed by atoms with Gasteiger partial charge in [-0.15, -0.1) is 0 Å². The predicted molar refractivity (Wildman–Crippen MR) is 127 cm³/mol. The molecule has 1 aliphatic rings. The van der Waals surface area contributed by atoms with E-state index < -0.39 is 5.82 Å². The molecule has 1 aliphatic heterocycles. The molecule has 1 fully saturated rings. The molecule has 1 aromatic heterocycles. The van der Waals surface area contributed by atoms with Gasteiger partial charge in [-0.2, -0.15) is 0 Å². The second kappa shape index (κ2) is 8.36. The summed E-state index contributed by atoms with van der Waals surface area (Å²) in [5, 5.41) is 3.48. The molecule has 2 heterocycles. The number of halogens is 2. The summed E-state index contributed by atoms with van der Waals surface area (Å²) in [6, 6.07) is 12.6. The summed E-state index contributed by atoms with van der Waals surface area (Å²) in [5.41, 5.74) is 6.48. The van der Waals surface area contributed by atoms with E-state index in [0.29, 0.717) is 15.8 Å². The van der Waals surface area contributed by atoms with Crippen molar-refractivity contribution in [1.82, 2.24) is 9.88 Å². The maximum absolute atomic E-state index is 14.0. The Kier molecular flexibility index (Phi) is 5.77. The van der Waals surface area contributed by atoms with Crippen LogP contribution in [0.4, 0.5) is 10.1 Å². The normalized spacial score (nSPS) is 16.4. The van der Waals surface area contributed by atoms with Crippen LogP contribution >= 0.6 is 23.4 Å². The van der Waals surface area contributed by atoms with Crippen LogP contribution in [0, 0.1) is 33.5 Å². The standard InChI is InChI=1S/C24H21ClFN3OS/c1-13-6-5-7-21(15(13)3)27-24-28-23(30)22(31-24)11-17-10-14(2)29(16(17)4)18-8-9-19(25)20(26)12-18/h5-12H,1-4H3,(H,27,28,30)/b22-11+. The monoisotopic (exact) mass is 453 g/mol. The zero-order valence-corrected chi connectivity index (χ0v) is 19.2. The number of benzene rings is 2. The van der Waals surface area contributed by atoms with Crippen molar-refractivity contribution < 1.29 is 9.18 Å². The van der Waals surface area contributed by atoms with E-state index in [1.807, 2.05) is 62.6 Å². The van der Waals surface area contributed by atoms with Gasteiger partial charge >= 0.3 is 0 Å². The van der Waals surface area contributed by atoms with Gasteiger partial charge in [-0.25, -0.2) is 9.38 Å². The first-order chi connectivity index (χ1) is 14.7. The van der Waals surface area contributed by atoms with Gasteiger partial charge in [-0.05, 0) is 92.6 Å². The Morgan fingerprint density at radius 2 is 1.90 bits per heavy atom. The van der Waals surface area contributed by atoms with Crippen LogP contribution in [0.1, 0.15) is 28.1 Å². The number of carbonyl (C=O) groups excluding carboxylic acids is 1. The molecule has 0 aliphatic carbocycles. The van der Waals surface area contributed by atoms with Crippen LogP contribution in [0.15, 0.2) is 52.4 Å². The van der Waals surface area contributed by atoms with Crippen LogP contribution in [0.3, 0.4) is 0 Å². The second-order valence-corrected chi connectivity index (χ2v) is 8.90. The number of hydrogen-bond donors (Lipinski definition) is 1. The summed E-state index contributed by atoms with van der Waals surface area (Å²) in [5.74, 6) is -0.652. The van der Waals surface area contributed by atoms with Crippen LogP contribution < -0.4 is 5.32 Å². The van der Waals surface area contributed by atoms with E-state index in [9.17, 15) is 9.18 Å². The number of aliphatic imine (C=N–C) groups is 1. The zero-order valence-electron chi connectivity index (χ0n) is 17.6. The number of aromatic nitrogens is 1. The molecule has 7 heteroatoms. The number of hydrogen-bond acceptors (Lipinski definition) is 3. The third kappa shape index (κ3) is 4.18. The fourth-order valence-corrected chi connectivity index (χ4v) is 4.49. The first-order valence-corrected chi connectivity index (χ1v) is 10.9. The lowest BCUT2D eigenvalue weighted by atomic mass is 10.1. The number of amidine groups is 1. The number of rotatable bonds is 3. The van der Waals surface area contributed by atoms with Crippen LogP contribution in [0.25, 0.3) is 11.8 Å². The van der Waals surface area contributed by atoms with Gasteiger partial charge in [-0.3, -0.25) is 4.79 Å². The summed E-state index contributed by atoms with van der Waals surface area (Å²) in [6.07, 6.45) is 1.84. The SMILES string of the molecule is Cc1cccc(N=C2NC(=O)/C(=C\c3cc(C)n(-c4ccc(Cl)c(F)c4)c3C)S2)c1C. The van der Waals surface area contributed by atoms with Crippen molar-refractivity contribution >= 4 is 46.2 Å². The van der Waals surface area contributed by atoms with Gasteiger partial charge in [0.25, 0.3) is 5.91 Å². The highest BCUT2D eigenvalue weighted by Crippen LogP contribution is 2.32. The lowest BCUT2D eigenvalue weighted by molar-refractivity contribution is -0.115. The Morgan fingerprint density at radius 1 is 1.13 bits per heavy atom. The molecule has 0 spiro atoms. The quantitative estimate of drug-likeness (QED) is 0.466. The Hall–Kier alpha value is -2.83. The Balaban J connectivity index is 1.66. The second-order valence-electron chi connectivity index (χ2n) is 7.46. The highest BCUT2D eigenvalue weighted by molar-refractivity contribution is 8.18. The summed E-state index contributed by atoms with van der Waals surface area (Å²) >= 11 is 7.13. The minimum Gasteiger partial charge on any atom is -0.318 e. The molecule has 0 atom stereocenters. The number of nitrogens with one attached hydrogen (secondary N) is 1. The van der Waals surface area contributed by atoms with Gasteiger partial charge in [0, 0.05) is 17.1 Å². The molecule has 3 aromatic rings. The summed E-state index contributed by atoms with van der Waals surface area (Å²) in [7, 11) is 0. The third-order valence-corrected chi connectivity index (χ3v) is 6.58. The lowest BCUT2D eigenvalue weighted by Crippen LogP contribution is -2.19. The highest BCUT2D eigenvalue weighted by Gasteiger charge is 2.25. The van der Waals surface area contributed by atoms with E-state index in [2.05, 4.69) is 10.3 Å². The number of carbonyl (C=O) groups is 1. The number of thioether (sulfide) groups is 1. The fraction of sp³-hybridized carbons (Fsp3) is 0.167. The number of aryl methyl sites for hydroxylation is 2. The Morgan fingerprint density at radius 3 is 2.65 bits per heavy atom. The molecule has 0 unspecified atom stereocenters. The molecule has 0 bridgehead atoms. The fourth-order valence-electron chi connectivity index (χ4n) is 3.54. The van der Waals surface area contributed by atoms with Crippen molar-refractivity contribution in [2.75, 3.05) is 0 Å². The van der Waals surface area contributed by atoms with E-state index in [4.69, 9.17) is 11.6 Å². The molecule has 0 saturated carbocycles. The van der Waals surface area contributed by atoms with E-state index in [-0.39, 0.29) is 10.9 Å². The zero-order chi connectivity index (χ0) is 22.3. The average Bonchev–Trinajstić information content (AvgIpc) is 3.20. The molecule has 4 rings (SSSR count). The van der Waals surface area contributed by atoms with Crippen molar-refractivity contribution in [3.8, 4) is 5.69 Å². The molecule has 158 valence electrons. The molecule has 4 nitrogen and oxygen atoms in total. The maximum atomic E-state index is 14.0. The summed E-state index contributed by atoms with van der Waals surface area (Å²) in [4.78, 5) is 17.7. The van der Waals surface area contributed by atoms with E-state index in [1.165, 1.54) is 17.8 Å². The van der Waals surface area contributed by atoms with Gasteiger partial charge in [-0.1, -0.05) is 23.7 Å². The first kappa shape index (κ1) is 21.4. The average molecular weight is 454 g/mol. The van der Waals surface area contributed by atoms with Crippen LogP contribution in [-0.4, -0.2) is 15.6 Å². The molecule has 1 amide bonds. The number of nitrogens with zero attached hydrogens (tertiary/aromatic N) is 2. The number of amides is 1. The van der Waals surface area contributed by atoms with Gasteiger partial charge in [0.2, 0.25) is 0 Å². The molecule has 1 N–H and O–H groups in total. The topological polar surface area (TPSA) is 46.4 Å². The molecule has 31 heavy (non-hydrogen) atoms. The van der Waals surface area contributed by atoms with Crippen molar-refractivity contribution in [3.63, 3.8) is 0 Å². The van der Waals surface area contributed by atoms with Crippen molar-refractivity contribution in [2.45, 2.75) is 27.7 Å². The minimum atomic E-state index is -0.468. The smallest absolute Gasteiger partial charge is 0.264 e. The molecular weight excluding hydrogens is 433 g/mol. The van der Waals surface area contributed by atoms with Crippen LogP contribution in [0.5, 0.6) is 0 Å². The van der Waals surface area contributed by atoms with Crippen molar-refractivity contribution in [1.29, 1.82) is 0 Å². The van der Waals surface area contributed by atoms with Gasteiger partial charge in [0.1, 0.15) is 5.82 Å². The van der Waals surface area contributed by atoms with Gasteiger partial charge in [0.15, 0.2) is 5.17 Å². The van der Waals surface area contributed by atoms with Crippen molar-refractivity contribution in [2.24, 2.45) is 4.99 Å². The Bertz CT molecular complexity index is 1280. The van der Waals surface area contributed by atoms with E-state index in [0.717, 1.165) is 33.8 Å². The highest BCUT2D eigenvalue weighted by atomic mass is 35.5. The molecule has 0 radical (unpaired) electrons. The minimum absolute atomic E-state index is 0.0863. The maximum Gasteiger partial charge on any atom is 0.264 e. The molecule has 1 saturated heterocycles. The van der Waals surface area contributed by atoms with Crippen molar-refractivity contribution in [3.05, 3.63) is 86.3 Å². The predicted octanol–water partition coefficient (Wildman–Crippen LogP) is 6.40. The Labute approximate surface area is 189 Å². The largest absolute Gasteiger partial charge is 0.318 e. The lowest BCUT2D eigenvalue weighted by Gasteiger charge is -2.10. The third-order valence-electron chi connectivity index (χ3n) is 5.37. The van der Waals surface area contributed by atoms with Gasteiger partial charge < -0.3 is 9.88 Å². The van der Waals surface area contributed by atoms with Gasteiger partial charge in [0.05, 0.1) is 15.6 Å². The van der Waals surface area contributed by atoms with Crippen LogP contribution in [0.2, 0.25) is 5.02 Å². The van der Waals surface area contributed by atoms with Crippen LogP contribution in [-0.2, 0) is 4.79 Å². The molecule has 2 aromatic carbocycles. The summed E-state index contributed by atoms with van der Waals surface area (Å²) < 4.78 is 15.9.